The molecule has 2 aromatic rings. The Morgan fingerprint density at radius 3 is 2.67 bits per heavy atom. The zero-order valence-electron chi connectivity index (χ0n) is 13.7. The van der Waals surface area contributed by atoms with Crippen molar-refractivity contribution in [3.8, 4) is 17.2 Å². The number of carbonyl (C=O) groups excluding carboxylic acids is 1. The number of rotatable bonds is 6. The summed E-state index contributed by atoms with van der Waals surface area (Å²) in [5.74, 6) is 2.21. The van der Waals surface area contributed by atoms with Crippen LogP contribution in [0.3, 0.4) is 0 Å². The van der Waals surface area contributed by atoms with E-state index < -0.39 is 0 Å². The minimum Gasteiger partial charge on any atom is -0.497 e. The average molecular weight is 328 g/mol. The van der Waals surface area contributed by atoms with E-state index in [9.17, 15) is 4.79 Å². The molecule has 0 aliphatic carbocycles. The molecule has 1 N–H and O–H groups in total. The van der Waals surface area contributed by atoms with Crippen LogP contribution in [0.4, 0.5) is 5.69 Å². The van der Waals surface area contributed by atoms with Gasteiger partial charge in [0.25, 0.3) is 0 Å². The molecule has 126 valence electrons. The highest BCUT2D eigenvalue weighted by molar-refractivity contribution is 5.92. The van der Waals surface area contributed by atoms with Crippen LogP contribution in [-0.2, 0) is 11.3 Å². The SMILES string of the molecule is COc1ccc(NC(=O)CN(C)Cc2ccc3c(c2)OCO3)cc1. The molecule has 0 radical (unpaired) electrons. The van der Waals surface area contributed by atoms with E-state index in [4.69, 9.17) is 14.2 Å². The number of anilines is 1. The quantitative estimate of drug-likeness (QED) is 0.883. The van der Waals surface area contributed by atoms with Crippen LogP contribution in [0.15, 0.2) is 42.5 Å². The monoisotopic (exact) mass is 328 g/mol. The minimum atomic E-state index is -0.0663. The molecule has 1 aliphatic rings. The van der Waals surface area contributed by atoms with Crippen LogP contribution in [0.1, 0.15) is 5.56 Å². The Kier molecular flexibility index (Phi) is 4.86. The van der Waals surface area contributed by atoms with Gasteiger partial charge in [0.1, 0.15) is 5.75 Å². The van der Waals surface area contributed by atoms with Gasteiger partial charge in [0.05, 0.1) is 13.7 Å². The van der Waals surface area contributed by atoms with Crippen molar-refractivity contribution >= 4 is 11.6 Å². The Labute approximate surface area is 140 Å². The number of benzene rings is 2. The van der Waals surface area contributed by atoms with E-state index in [1.165, 1.54) is 0 Å². The zero-order valence-corrected chi connectivity index (χ0v) is 13.7. The predicted molar refractivity (Wildman–Crippen MR) is 90.5 cm³/mol. The van der Waals surface area contributed by atoms with Crippen LogP contribution >= 0.6 is 0 Å². The number of hydrogen-bond acceptors (Lipinski definition) is 5. The Balaban J connectivity index is 1.52. The molecule has 6 nitrogen and oxygen atoms in total. The Morgan fingerprint density at radius 1 is 1.17 bits per heavy atom. The molecule has 1 amide bonds. The Hall–Kier alpha value is -2.73. The second-order valence-electron chi connectivity index (χ2n) is 5.64. The van der Waals surface area contributed by atoms with Gasteiger partial charge < -0.3 is 19.5 Å². The maximum Gasteiger partial charge on any atom is 0.238 e. The summed E-state index contributed by atoms with van der Waals surface area (Å²) in [6.45, 7) is 1.20. The number of ether oxygens (including phenoxy) is 3. The first-order valence-corrected chi connectivity index (χ1v) is 7.65. The van der Waals surface area contributed by atoms with Crippen LogP contribution in [0.2, 0.25) is 0 Å². The molecule has 0 aromatic heterocycles. The topological polar surface area (TPSA) is 60.0 Å². The summed E-state index contributed by atoms with van der Waals surface area (Å²) in [4.78, 5) is 14.1. The summed E-state index contributed by atoms with van der Waals surface area (Å²) in [5, 5.41) is 2.87. The molecule has 0 spiro atoms. The van der Waals surface area contributed by atoms with Crippen LogP contribution in [0.25, 0.3) is 0 Å². The molecular formula is C18H20N2O4. The van der Waals surface area contributed by atoms with Crippen molar-refractivity contribution in [2.45, 2.75) is 6.54 Å². The van der Waals surface area contributed by atoms with Gasteiger partial charge in [-0.15, -0.1) is 0 Å². The lowest BCUT2D eigenvalue weighted by Crippen LogP contribution is -2.29. The maximum absolute atomic E-state index is 12.1. The minimum absolute atomic E-state index is 0.0663. The highest BCUT2D eigenvalue weighted by atomic mass is 16.7. The number of likely N-dealkylation sites (N-methyl/N-ethyl adjacent to an activating group) is 1. The molecule has 6 heteroatoms. The second kappa shape index (κ2) is 7.23. The smallest absolute Gasteiger partial charge is 0.238 e. The van der Waals surface area contributed by atoms with Crippen molar-refractivity contribution in [2.75, 3.05) is 32.8 Å². The van der Waals surface area contributed by atoms with Gasteiger partial charge in [-0.25, -0.2) is 0 Å². The normalized spacial score (nSPS) is 12.3. The molecule has 0 saturated heterocycles. The average Bonchev–Trinajstić information content (AvgIpc) is 3.03. The number of hydrogen-bond donors (Lipinski definition) is 1. The van der Waals surface area contributed by atoms with E-state index in [1.54, 1.807) is 7.11 Å². The number of amides is 1. The molecule has 24 heavy (non-hydrogen) atoms. The summed E-state index contributed by atoms with van der Waals surface area (Å²) in [7, 11) is 3.51. The van der Waals surface area contributed by atoms with Crippen LogP contribution in [0.5, 0.6) is 17.2 Å². The van der Waals surface area contributed by atoms with E-state index in [0.29, 0.717) is 13.1 Å². The molecule has 0 unspecified atom stereocenters. The molecule has 3 rings (SSSR count). The number of fused-ring (bicyclic) bond motifs is 1. The molecule has 1 heterocycles. The zero-order chi connectivity index (χ0) is 16.9. The fraction of sp³-hybridized carbons (Fsp3) is 0.278. The van der Waals surface area contributed by atoms with Crippen LogP contribution in [-0.4, -0.2) is 38.3 Å². The van der Waals surface area contributed by atoms with Crippen LogP contribution < -0.4 is 19.5 Å². The lowest BCUT2D eigenvalue weighted by molar-refractivity contribution is -0.117. The van der Waals surface area contributed by atoms with Crippen molar-refractivity contribution < 1.29 is 19.0 Å². The summed E-state index contributed by atoms with van der Waals surface area (Å²) in [6.07, 6.45) is 0. The van der Waals surface area contributed by atoms with E-state index in [2.05, 4.69) is 5.32 Å². The first-order valence-electron chi connectivity index (χ1n) is 7.65. The van der Waals surface area contributed by atoms with Gasteiger partial charge in [-0.1, -0.05) is 6.07 Å². The lowest BCUT2D eigenvalue weighted by atomic mass is 10.2. The fourth-order valence-corrected chi connectivity index (χ4v) is 2.53. The molecule has 1 aliphatic heterocycles. The van der Waals surface area contributed by atoms with Gasteiger partial charge in [0, 0.05) is 12.2 Å². The van der Waals surface area contributed by atoms with Crippen molar-refractivity contribution in [1.82, 2.24) is 4.90 Å². The third-order valence-electron chi connectivity index (χ3n) is 3.68. The van der Waals surface area contributed by atoms with Gasteiger partial charge in [0.2, 0.25) is 12.7 Å². The van der Waals surface area contributed by atoms with Gasteiger partial charge in [-0.05, 0) is 49.0 Å². The van der Waals surface area contributed by atoms with E-state index >= 15 is 0 Å². The summed E-state index contributed by atoms with van der Waals surface area (Å²) in [5.41, 5.74) is 1.82. The second-order valence-corrected chi connectivity index (χ2v) is 5.64. The van der Waals surface area contributed by atoms with Crippen molar-refractivity contribution in [3.63, 3.8) is 0 Å². The van der Waals surface area contributed by atoms with Crippen LogP contribution in [0, 0.1) is 0 Å². The third-order valence-corrected chi connectivity index (χ3v) is 3.68. The van der Waals surface area contributed by atoms with Crippen molar-refractivity contribution in [1.29, 1.82) is 0 Å². The molecule has 0 saturated carbocycles. The number of methoxy groups -OCH3 is 1. The molecule has 2 aromatic carbocycles. The lowest BCUT2D eigenvalue weighted by Gasteiger charge is -2.16. The number of nitrogens with one attached hydrogen (secondary N) is 1. The first kappa shape index (κ1) is 16.1. The van der Waals surface area contributed by atoms with E-state index in [0.717, 1.165) is 28.5 Å². The third kappa shape index (κ3) is 3.97. The highest BCUT2D eigenvalue weighted by Gasteiger charge is 2.14. The van der Waals surface area contributed by atoms with Gasteiger partial charge in [0.15, 0.2) is 11.5 Å². The number of nitrogens with zero attached hydrogens (tertiary/aromatic N) is 1. The Morgan fingerprint density at radius 2 is 1.92 bits per heavy atom. The molecular weight excluding hydrogens is 308 g/mol. The van der Waals surface area contributed by atoms with Crippen molar-refractivity contribution in [2.24, 2.45) is 0 Å². The largest absolute Gasteiger partial charge is 0.497 e. The fourth-order valence-electron chi connectivity index (χ4n) is 2.53. The van der Waals surface area contributed by atoms with E-state index in [-0.39, 0.29) is 12.7 Å². The van der Waals surface area contributed by atoms with Gasteiger partial charge in [-0.3, -0.25) is 9.69 Å². The maximum atomic E-state index is 12.1. The summed E-state index contributed by atoms with van der Waals surface area (Å²) in [6, 6.07) is 13.1. The predicted octanol–water partition coefficient (Wildman–Crippen LogP) is 2.49. The Bertz CT molecular complexity index is 715. The molecule has 0 fully saturated rings. The summed E-state index contributed by atoms with van der Waals surface area (Å²) >= 11 is 0. The summed E-state index contributed by atoms with van der Waals surface area (Å²) < 4.78 is 15.8. The first-order chi connectivity index (χ1) is 11.6. The number of carbonyl (C=O) groups is 1. The standard InChI is InChI=1S/C18H20N2O4/c1-20(10-13-3-8-16-17(9-13)24-12-23-16)11-18(21)19-14-4-6-15(22-2)7-5-14/h3-9H,10-12H2,1-2H3,(H,19,21). The molecule has 0 bridgehead atoms. The van der Waals surface area contributed by atoms with Crippen molar-refractivity contribution in [3.05, 3.63) is 48.0 Å². The molecule has 0 atom stereocenters. The van der Waals surface area contributed by atoms with Gasteiger partial charge in [-0.2, -0.15) is 0 Å². The highest BCUT2D eigenvalue weighted by Crippen LogP contribution is 2.32. The van der Waals surface area contributed by atoms with Gasteiger partial charge >= 0.3 is 0 Å². The van der Waals surface area contributed by atoms with E-state index in [1.807, 2.05) is 54.4 Å².